The van der Waals surface area contributed by atoms with Crippen molar-refractivity contribution in [1.29, 1.82) is 0 Å². The molecule has 0 radical (unpaired) electrons. The van der Waals surface area contributed by atoms with E-state index in [2.05, 4.69) is 4.99 Å². The summed E-state index contributed by atoms with van der Waals surface area (Å²) in [5, 5.41) is 10.7. The highest BCUT2D eigenvalue weighted by molar-refractivity contribution is 5.86. The van der Waals surface area contributed by atoms with Crippen LogP contribution in [0.15, 0.2) is 4.99 Å². The van der Waals surface area contributed by atoms with Gasteiger partial charge in [0.1, 0.15) is 0 Å². The Morgan fingerprint density at radius 3 is 2.33 bits per heavy atom. The monoisotopic (exact) mass is 266 g/mol. The van der Waals surface area contributed by atoms with Crippen LogP contribution in [0.2, 0.25) is 0 Å². The minimum atomic E-state index is -3.24. The van der Waals surface area contributed by atoms with Crippen LogP contribution in [0.25, 0.3) is 0 Å². The van der Waals surface area contributed by atoms with E-state index in [1.807, 2.05) is 0 Å². The van der Waals surface area contributed by atoms with Crippen LogP contribution in [0.3, 0.4) is 0 Å². The maximum absolute atomic E-state index is 12.9. The fourth-order valence-corrected chi connectivity index (χ4v) is 1.36. The van der Waals surface area contributed by atoms with Crippen LogP contribution in [-0.2, 0) is 9.59 Å². The van der Waals surface area contributed by atoms with Crippen LogP contribution in [0.5, 0.6) is 0 Å². The lowest BCUT2D eigenvalue weighted by Gasteiger charge is -2.28. The number of hydrogen-bond donors (Lipinski definition) is 4. The van der Waals surface area contributed by atoms with Gasteiger partial charge in [-0.2, -0.15) is 0 Å². The average molecular weight is 266 g/mol. The number of carbonyl (C=O) groups excluding carboxylic acids is 1. The quantitative estimate of drug-likeness (QED) is 0.274. The van der Waals surface area contributed by atoms with Gasteiger partial charge >= 0.3 is 5.97 Å². The summed E-state index contributed by atoms with van der Waals surface area (Å²) in [6.45, 7) is 0.972. The Labute approximate surface area is 102 Å². The van der Waals surface area contributed by atoms with E-state index in [0.29, 0.717) is 0 Å². The Balaban J connectivity index is 4.80. The Bertz CT molecular complexity index is 345. The standard InChI is InChI=1S/C9H16F2N4O3/c1-5(16)15-9(6(10)11,7(17)18)3-2-4-14-8(12)13/h6H,2-4H2,1H3,(H,15,16)(H,17,18)(H4,12,13,14). The van der Waals surface area contributed by atoms with Gasteiger partial charge in [-0.25, -0.2) is 13.6 Å². The van der Waals surface area contributed by atoms with Gasteiger partial charge in [0.25, 0.3) is 6.43 Å². The topological polar surface area (TPSA) is 131 Å². The summed E-state index contributed by atoms with van der Waals surface area (Å²) in [4.78, 5) is 25.3. The second kappa shape index (κ2) is 6.72. The first-order valence-electron chi connectivity index (χ1n) is 5.08. The molecule has 1 atom stereocenters. The lowest BCUT2D eigenvalue weighted by molar-refractivity contribution is -0.155. The number of carboxylic acid groups (broad SMARTS) is 1. The van der Waals surface area contributed by atoms with Crippen LogP contribution in [0, 0.1) is 0 Å². The van der Waals surface area contributed by atoms with Crippen molar-refractivity contribution in [2.24, 2.45) is 16.5 Å². The Morgan fingerprint density at radius 2 is 2.00 bits per heavy atom. The molecule has 0 saturated carbocycles. The molecule has 6 N–H and O–H groups in total. The molecule has 0 aliphatic carbocycles. The second-order valence-corrected chi connectivity index (χ2v) is 3.67. The molecule has 0 aromatic carbocycles. The van der Waals surface area contributed by atoms with Crippen molar-refractivity contribution in [2.75, 3.05) is 6.54 Å². The summed E-state index contributed by atoms with van der Waals surface area (Å²) >= 11 is 0. The van der Waals surface area contributed by atoms with E-state index in [1.165, 1.54) is 0 Å². The molecular formula is C9H16F2N4O3. The maximum atomic E-state index is 12.9. The number of hydrogen-bond acceptors (Lipinski definition) is 3. The van der Waals surface area contributed by atoms with E-state index in [0.717, 1.165) is 6.92 Å². The van der Waals surface area contributed by atoms with E-state index in [9.17, 15) is 18.4 Å². The van der Waals surface area contributed by atoms with Crippen molar-refractivity contribution in [2.45, 2.75) is 31.7 Å². The summed E-state index contributed by atoms with van der Waals surface area (Å²) in [5.74, 6) is -2.86. The van der Waals surface area contributed by atoms with Crippen LogP contribution in [0.1, 0.15) is 19.8 Å². The number of amides is 1. The minimum Gasteiger partial charge on any atom is -0.479 e. The lowest BCUT2D eigenvalue weighted by Crippen LogP contribution is -2.59. The maximum Gasteiger partial charge on any atom is 0.335 e. The predicted molar refractivity (Wildman–Crippen MR) is 60.1 cm³/mol. The van der Waals surface area contributed by atoms with Gasteiger partial charge in [-0.1, -0.05) is 0 Å². The third kappa shape index (κ3) is 4.52. The normalized spacial score (nSPS) is 13.8. The van der Waals surface area contributed by atoms with Gasteiger partial charge in [-0.3, -0.25) is 9.79 Å². The Kier molecular flexibility index (Phi) is 6.00. The van der Waals surface area contributed by atoms with Crippen molar-refractivity contribution < 1.29 is 23.5 Å². The van der Waals surface area contributed by atoms with Gasteiger partial charge in [0.2, 0.25) is 5.91 Å². The van der Waals surface area contributed by atoms with E-state index in [1.54, 1.807) is 5.32 Å². The zero-order valence-corrected chi connectivity index (χ0v) is 9.82. The van der Waals surface area contributed by atoms with Crippen LogP contribution >= 0.6 is 0 Å². The molecule has 0 aromatic rings. The van der Waals surface area contributed by atoms with Gasteiger partial charge < -0.3 is 21.9 Å². The zero-order chi connectivity index (χ0) is 14.3. The van der Waals surface area contributed by atoms with E-state index in [4.69, 9.17) is 16.6 Å². The van der Waals surface area contributed by atoms with Crippen molar-refractivity contribution in [3.63, 3.8) is 0 Å². The smallest absolute Gasteiger partial charge is 0.335 e. The summed E-state index contributed by atoms with van der Waals surface area (Å²) in [7, 11) is 0. The number of halogens is 2. The molecule has 18 heavy (non-hydrogen) atoms. The summed E-state index contributed by atoms with van der Waals surface area (Å²) in [5.41, 5.74) is 7.47. The molecule has 0 heterocycles. The van der Waals surface area contributed by atoms with Crippen LogP contribution in [0.4, 0.5) is 8.78 Å². The number of aliphatic carboxylic acids is 1. The molecule has 0 bridgehead atoms. The van der Waals surface area contributed by atoms with Gasteiger partial charge in [0.05, 0.1) is 0 Å². The van der Waals surface area contributed by atoms with E-state index >= 15 is 0 Å². The molecule has 9 heteroatoms. The third-order valence-corrected chi connectivity index (χ3v) is 2.18. The first-order chi connectivity index (χ1) is 8.22. The van der Waals surface area contributed by atoms with Gasteiger partial charge in [-0.15, -0.1) is 0 Å². The molecule has 104 valence electrons. The largest absolute Gasteiger partial charge is 0.479 e. The highest BCUT2D eigenvalue weighted by Crippen LogP contribution is 2.22. The lowest BCUT2D eigenvalue weighted by atomic mass is 9.93. The molecule has 0 saturated heterocycles. The Hall–Kier alpha value is -1.93. The minimum absolute atomic E-state index is 0.00364. The molecule has 7 nitrogen and oxygen atoms in total. The number of rotatable bonds is 7. The SMILES string of the molecule is CC(=O)NC(CCCN=C(N)N)(C(=O)O)C(F)F. The third-order valence-electron chi connectivity index (χ3n) is 2.18. The summed E-state index contributed by atoms with van der Waals surface area (Å²) < 4.78 is 25.7. The van der Waals surface area contributed by atoms with Gasteiger partial charge in [0, 0.05) is 13.5 Å². The number of guanidine groups is 1. The number of nitrogens with two attached hydrogens (primary N) is 2. The van der Waals surface area contributed by atoms with E-state index < -0.39 is 30.3 Å². The zero-order valence-electron chi connectivity index (χ0n) is 9.82. The molecular weight excluding hydrogens is 250 g/mol. The summed E-state index contributed by atoms with van der Waals surface area (Å²) in [6, 6.07) is 0. The number of carboxylic acids is 1. The molecule has 0 spiro atoms. The van der Waals surface area contributed by atoms with Gasteiger partial charge in [-0.05, 0) is 12.8 Å². The Morgan fingerprint density at radius 1 is 1.44 bits per heavy atom. The van der Waals surface area contributed by atoms with Gasteiger partial charge in [0.15, 0.2) is 11.5 Å². The van der Waals surface area contributed by atoms with Crippen molar-refractivity contribution in [3.05, 3.63) is 0 Å². The predicted octanol–water partition coefficient (Wildman–Crippen LogP) is -0.735. The molecule has 1 unspecified atom stereocenters. The van der Waals surface area contributed by atoms with Crippen molar-refractivity contribution in [1.82, 2.24) is 5.32 Å². The number of aliphatic imine (C=N–C) groups is 1. The molecule has 0 aromatic heterocycles. The summed E-state index contributed by atoms with van der Waals surface area (Å²) in [6.07, 6.45) is -3.72. The van der Waals surface area contributed by atoms with E-state index in [-0.39, 0.29) is 18.9 Å². The highest BCUT2D eigenvalue weighted by Gasteiger charge is 2.47. The number of nitrogens with zero attached hydrogens (tertiary/aromatic N) is 1. The second-order valence-electron chi connectivity index (χ2n) is 3.67. The fourth-order valence-electron chi connectivity index (χ4n) is 1.36. The first kappa shape index (κ1) is 16.1. The number of carbonyl (C=O) groups is 2. The van der Waals surface area contributed by atoms with Crippen LogP contribution in [-0.4, -0.2) is 41.5 Å². The molecule has 0 aliphatic heterocycles. The van der Waals surface area contributed by atoms with Crippen molar-refractivity contribution in [3.8, 4) is 0 Å². The highest BCUT2D eigenvalue weighted by atomic mass is 19.3. The number of nitrogens with one attached hydrogen (secondary N) is 1. The fraction of sp³-hybridized carbons (Fsp3) is 0.667. The number of alkyl halides is 2. The molecule has 0 aliphatic rings. The first-order valence-corrected chi connectivity index (χ1v) is 5.08. The average Bonchev–Trinajstić information content (AvgIpc) is 2.20. The molecule has 0 fully saturated rings. The molecule has 0 rings (SSSR count). The van der Waals surface area contributed by atoms with Crippen molar-refractivity contribution >= 4 is 17.8 Å². The molecule has 1 amide bonds. The van der Waals surface area contributed by atoms with Crippen LogP contribution < -0.4 is 16.8 Å².